The Labute approximate surface area is 171 Å². The van der Waals surface area contributed by atoms with Crippen LogP contribution in [0.1, 0.15) is 36.3 Å². The van der Waals surface area contributed by atoms with Gasteiger partial charge < -0.3 is 4.90 Å². The van der Waals surface area contributed by atoms with Crippen LogP contribution in [0.4, 0.5) is 0 Å². The normalized spacial score (nSPS) is 16.1. The monoisotopic (exact) mass is 404 g/mol. The van der Waals surface area contributed by atoms with Crippen LogP contribution >= 0.6 is 0 Å². The van der Waals surface area contributed by atoms with Crippen molar-refractivity contribution in [2.75, 3.05) is 6.54 Å². The molecule has 30 heavy (non-hydrogen) atoms. The zero-order valence-electron chi connectivity index (χ0n) is 16.5. The van der Waals surface area contributed by atoms with Crippen molar-refractivity contribution < 1.29 is 4.79 Å². The first-order valence-corrected chi connectivity index (χ1v) is 9.70. The first kappa shape index (κ1) is 18.2. The first-order valence-electron chi connectivity index (χ1n) is 9.70. The summed E-state index contributed by atoms with van der Waals surface area (Å²) in [7, 11) is 0. The number of nitrogens with zero attached hydrogens (tertiary/aromatic N) is 9. The van der Waals surface area contributed by atoms with Crippen molar-refractivity contribution in [1.29, 1.82) is 0 Å². The molecule has 4 aromatic rings. The summed E-state index contributed by atoms with van der Waals surface area (Å²) < 4.78 is 3.44. The highest BCUT2D eigenvalue weighted by atomic mass is 16.2. The number of aromatic nitrogens is 9. The lowest BCUT2D eigenvalue weighted by Crippen LogP contribution is -2.45. The summed E-state index contributed by atoms with van der Waals surface area (Å²) in [5, 5.41) is 19.0. The van der Waals surface area contributed by atoms with Gasteiger partial charge in [-0.2, -0.15) is 10.1 Å². The number of carbonyl (C=O) groups is 1. The van der Waals surface area contributed by atoms with E-state index >= 15 is 0 Å². The Bertz CT molecular complexity index is 1160. The third kappa shape index (κ3) is 3.04. The molecule has 5 rings (SSSR count). The molecule has 0 radical (unpaired) electrons. The Morgan fingerprint density at radius 3 is 2.60 bits per heavy atom. The van der Waals surface area contributed by atoms with Gasteiger partial charge in [0.25, 0.3) is 11.9 Å². The molecule has 3 aromatic heterocycles. The van der Waals surface area contributed by atoms with Gasteiger partial charge >= 0.3 is 0 Å². The fourth-order valence-corrected chi connectivity index (χ4v) is 3.72. The molecule has 1 N–H and O–H groups in total. The smallest absolute Gasteiger partial charge is 0.291 e. The predicted octanol–water partition coefficient (Wildman–Crippen LogP) is 1.50. The minimum Gasteiger partial charge on any atom is -0.324 e. The van der Waals surface area contributed by atoms with E-state index in [1.54, 1.807) is 4.90 Å². The maximum atomic E-state index is 13.3. The Hall–Kier alpha value is -3.89. The second-order valence-electron chi connectivity index (χ2n) is 7.42. The number of hydrogen-bond donors (Lipinski definition) is 1. The molecule has 0 aliphatic carbocycles. The van der Waals surface area contributed by atoms with E-state index in [1.165, 1.54) is 17.2 Å². The minimum absolute atomic E-state index is 0.140. The first-order chi connectivity index (χ1) is 14.6. The highest BCUT2D eigenvalue weighted by molar-refractivity contribution is 5.91. The predicted molar refractivity (Wildman–Crippen MR) is 105 cm³/mol. The van der Waals surface area contributed by atoms with E-state index in [1.807, 2.05) is 35.0 Å². The zero-order chi connectivity index (χ0) is 20.7. The Morgan fingerprint density at radius 2 is 1.87 bits per heavy atom. The van der Waals surface area contributed by atoms with Crippen LogP contribution in [0.15, 0.2) is 43.0 Å². The molecule has 0 bridgehead atoms. The van der Waals surface area contributed by atoms with Gasteiger partial charge in [-0.05, 0) is 5.92 Å². The molecule has 0 spiro atoms. The Morgan fingerprint density at radius 1 is 1.10 bits per heavy atom. The summed E-state index contributed by atoms with van der Waals surface area (Å²) in [5.41, 5.74) is 0.952. The summed E-state index contributed by atoms with van der Waals surface area (Å²) in [4.78, 5) is 24.2. The number of aromatic amines is 1. The fourth-order valence-electron chi connectivity index (χ4n) is 3.72. The van der Waals surface area contributed by atoms with Gasteiger partial charge in [0.1, 0.15) is 12.7 Å². The Kier molecular flexibility index (Phi) is 4.34. The fraction of sp³-hybridized carbons (Fsp3) is 0.316. The van der Waals surface area contributed by atoms with Crippen LogP contribution in [0, 0.1) is 5.92 Å². The van der Waals surface area contributed by atoms with Crippen LogP contribution < -0.4 is 0 Å². The number of fused-ring (bicyclic) bond motifs is 1. The van der Waals surface area contributed by atoms with Crippen LogP contribution in [0.3, 0.4) is 0 Å². The third-order valence-corrected chi connectivity index (χ3v) is 5.10. The average molecular weight is 404 g/mol. The number of rotatable bonds is 4. The maximum absolute atomic E-state index is 13.3. The molecule has 1 aromatic carbocycles. The molecule has 0 saturated carbocycles. The van der Waals surface area contributed by atoms with E-state index in [2.05, 4.69) is 44.3 Å². The zero-order valence-corrected chi connectivity index (χ0v) is 16.5. The molecule has 11 heteroatoms. The van der Waals surface area contributed by atoms with E-state index in [-0.39, 0.29) is 23.7 Å². The molecule has 152 valence electrons. The van der Waals surface area contributed by atoms with E-state index in [0.29, 0.717) is 24.9 Å². The second-order valence-corrected chi connectivity index (χ2v) is 7.42. The summed E-state index contributed by atoms with van der Waals surface area (Å²) >= 11 is 0. The minimum atomic E-state index is -0.226. The lowest BCUT2D eigenvalue weighted by Gasteiger charge is -2.36. The largest absolute Gasteiger partial charge is 0.324 e. The van der Waals surface area contributed by atoms with Crippen molar-refractivity contribution >= 4 is 5.91 Å². The van der Waals surface area contributed by atoms with Gasteiger partial charge in [-0.1, -0.05) is 44.2 Å². The Balaban J connectivity index is 1.47. The van der Waals surface area contributed by atoms with Gasteiger partial charge in [-0.25, -0.2) is 9.67 Å². The highest BCUT2D eigenvalue weighted by Crippen LogP contribution is 2.33. The third-order valence-electron chi connectivity index (χ3n) is 5.10. The topological polar surface area (TPSA) is 123 Å². The molecule has 1 amide bonds. The molecule has 0 unspecified atom stereocenters. The standard InChI is InChI=1S/C19H20N10O/c1-12(2)14-17-22-15(13-6-4-3-5-7-13)26-29(17)9-8-28(14)18(30)16-23-19(25-24-16)27-10-20-21-11-27/h3-7,10-12,14H,8-9H2,1-2H3,(H,23,24,25)/t14-/m0/s1. The van der Waals surface area contributed by atoms with E-state index < -0.39 is 0 Å². The van der Waals surface area contributed by atoms with Crippen LogP contribution in [0.25, 0.3) is 17.3 Å². The van der Waals surface area contributed by atoms with E-state index in [4.69, 9.17) is 4.98 Å². The molecule has 0 saturated heterocycles. The summed E-state index contributed by atoms with van der Waals surface area (Å²) in [6.07, 6.45) is 2.95. The SMILES string of the molecule is CC(C)[C@H]1c2nc(-c3ccccc3)nn2CCN1C(=O)c1nc(-n2cnnc2)n[nH]1. The second kappa shape index (κ2) is 7.17. The van der Waals surface area contributed by atoms with Crippen LogP contribution in [0.2, 0.25) is 0 Å². The molecule has 1 aliphatic rings. The number of hydrogen-bond acceptors (Lipinski definition) is 7. The van der Waals surface area contributed by atoms with Crippen LogP contribution in [-0.4, -0.2) is 62.1 Å². The van der Waals surface area contributed by atoms with E-state index in [0.717, 1.165) is 11.4 Å². The number of nitrogens with one attached hydrogen (secondary N) is 1. The van der Waals surface area contributed by atoms with Gasteiger partial charge in [-0.3, -0.25) is 14.5 Å². The molecule has 0 fully saturated rings. The molecular formula is C19H20N10O. The molecule has 11 nitrogen and oxygen atoms in total. The van der Waals surface area contributed by atoms with Crippen molar-refractivity contribution in [2.45, 2.75) is 26.4 Å². The number of benzene rings is 1. The summed E-state index contributed by atoms with van der Waals surface area (Å²) in [6.45, 7) is 5.21. The van der Waals surface area contributed by atoms with Gasteiger partial charge in [0.05, 0.1) is 12.6 Å². The summed E-state index contributed by atoms with van der Waals surface area (Å²) in [5.74, 6) is 1.84. The van der Waals surface area contributed by atoms with Crippen molar-refractivity contribution in [3.63, 3.8) is 0 Å². The average Bonchev–Trinajstić information content (AvgIpc) is 3.52. The quantitative estimate of drug-likeness (QED) is 0.547. The van der Waals surface area contributed by atoms with Crippen LogP contribution in [-0.2, 0) is 6.54 Å². The molecule has 1 atom stereocenters. The number of amides is 1. The van der Waals surface area contributed by atoms with Gasteiger partial charge in [0, 0.05) is 12.1 Å². The van der Waals surface area contributed by atoms with Crippen molar-refractivity contribution in [3.05, 3.63) is 54.6 Å². The van der Waals surface area contributed by atoms with Gasteiger partial charge in [-0.15, -0.1) is 15.3 Å². The van der Waals surface area contributed by atoms with Crippen LogP contribution in [0.5, 0.6) is 0 Å². The number of carbonyl (C=O) groups excluding carboxylic acids is 1. The molecule has 1 aliphatic heterocycles. The lowest BCUT2D eigenvalue weighted by atomic mass is 9.99. The lowest BCUT2D eigenvalue weighted by molar-refractivity contribution is 0.0524. The number of H-pyrrole nitrogens is 1. The van der Waals surface area contributed by atoms with Crippen molar-refractivity contribution in [3.8, 4) is 17.3 Å². The maximum Gasteiger partial charge on any atom is 0.291 e. The van der Waals surface area contributed by atoms with E-state index in [9.17, 15) is 4.79 Å². The highest BCUT2D eigenvalue weighted by Gasteiger charge is 2.37. The van der Waals surface area contributed by atoms with Gasteiger partial charge in [0.15, 0.2) is 11.6 Å². The van der Waals surface area contributed by atoms with Crippen molar-refractivity contribution in [1.82, 2.24) is 49.6 Å². The summed E-state index contributed by atoms with van der Waals surface area (Å²) in [6, 6.07) is 9.62. The molecule has 4 heterocycles. The van der Waals surface area contributed by atoms with Gasteiger partial charge in [0.2, 0.25) is 5.82 Å². The van der Waals surface area contributed by atoms with Crippen molar-refractivity contribution in [2.24, 2.45) is 5.92 Å². The molecular weight excluding hydrogens is 384 g/mol.